The minimum absolute atomic E-state index is 0.0938. The largest absolute Gasteiger partial charge is 0.264 e. The molecule has 0 saturated carbocycles. The fourth-order valence-corrected chi connectivity index (χ4v) is 18.0. The van der Waals surface area contributed by atoms with Crippen LogP contribution in [0.1, 0.15) is 49.9 Å². The van der Waals surface area contributed by atoms with E-state index in [-0.39, 0.29) is 10.8 Å². The molecule has 0 unspecified atom stereocenters. The van der Waals surface area contributed by atoms with E-state index in [0.29, 0.717) is 34.9 Å². The highest BCUT2D eigenvalue weighted by molar-refractivity contribution is 6.03. The summed E-state index contributed by atoms with van der Waals surface area (Å²) in [5.41, 5.74) is 34.6. The molecule has 122 heavy (non-hydrogen) atoms. The molecule has 0 bridgehead atoms. The van der Waals surface area contributed by atoms with Crippen LogP contribution >= 0.6 is 0 Å². The van der Waals surface area contributed by atoms with Crippen LogP contribution < -0.4 is 0 Å². The Bertz CT molecular complexity index is 7410. The van der Waals surface area contributed by atoms with Crippen molar-refractivity contribution in [3.63, 3.8) is 0 Å². The van der Waals surface area contributed by atoms with Gasteiger partial charge in [-0.3, -0.25) is 9.97 Å². The molecule has 0 fully saturated rings. The lowest BCUT2D eigenvalue weighted by molar-refractivity contribution is 0.661. The van der Waals surface area contributed by atoms with Crippen molar-refractivity contribution in [2.24, 2.45) is 0 Å². The van der Waals surface area contributed by atoms with E-state index in [2.05, 4.69) is 353 Å². The summed E-state index contributed by atoms with van der Waals surface area (Å²) in [6, 6.07) is 138. The first kappa shape index (κ1) is 73.9. The fourth-order valence-electron chi connectivity index (χ4n) is 18.0. The Morgan fingerprint density at radius 1 is 0.180 bits per heavy atom. The molecule has 4 aromatic heterocycles. The molecule has 0 radical (unpaired) electrons. The third-order valence-electron chi connectivity index (χ3n) is 24.4. The Morgan fingerprint density at radius 2 is 0.467 bits per heavy atom. The minimum atomic E-state index is -0.111. The van der Waals surface area contributed by atoms with Gasteiger partial charge in [-0.25, -0.2) is 29.9 Å². The summed E-state index contributed by atoms with van der Waals surface area (Å²) in [7, 11) is 0. The van der Waals surface area contributed by atoms with Crippen LogP contribution in [-0.4, -0.2) is 39.9 Å². The first-order valence-corrected chi connectivity index (χ1v) is 41.5. The standard InChI is InChI=1S/2C57H40N4/c1-57(2)52-35-46(28-29-50(52)51-30-27-38-12-6-7-22-49(38)53(51)57)44-18-9-16-42(33-44)41-15-8-17-43(32-41)45-19-10-20-47(34-45)56-60-54(39-13-4-3-5-14-39)59-55(61-56)40-25-23-37(24-26-40)48-21-11-31-58-36-48;1-57(2)51-30-28-38-12-6-7-22-49(38)53(51)50-29-27-46(35-52(50)57)44-18-9-16-42(33-44)41-15-8-17-43(32-41)45-19-10-20-47(34-45)56-60-54(39-13-4-3-5-14-39)59-55(61-56)40-25-23-37(24-26-40)48-21-11-31-58-36-48/h2*3-36H,1-2H3. The van der Waals surface area contributed by atoms with Gasteiger partial charge in [0.2, 0.25) is 0 Å². The van der Waals surface area contributed by atoms with Gasteiger partial charge in [-0.2, -0.15) is 0 Å². The molecule has 0 saturated heterocycles. The molecule has 0 N–H and O–H groups in total. The zero-order chi connectivity index (χ0) is 81.8. The highest BCUT2D eigenvalue weighted by Gasteiger charge is 2.39. The first-order chi connectivity index (χ1) is 59.9. The van der Waals surface area contributed by atoms with Crippen molar-refractivity contribution in [1.29, 1.82) is 0 Å². The molecule has 16 aromatic carbocycles. The zero-order valence-electron chi connectivity index (χ0n) is 67.8. The van der Waals surface area contributed by atoms with Gasteiger partial charge in [-0.05, 0) is 216 Å². The summed E-state index contributed by atoms with van der Waals surface area (Å²) in [6.07, 6.45) is 7.33. The van der Waals surface area contributed by atoms with Gasteiger partial charge in [0, 0.05) is 69.0 Å². The van der Waals surface area contributed by atoms with E-state index in [1.807, 2.05) is 85.2 Å². The average molecular weight is 1560 g/mol. The second-order valence-corrected chi connectivity index (χ2v) is 32.7. The van der Waals surface area contributed by atoms with Crippen LogP contribution in [0, 0.1) is 0 Å². The summed E-state index contributed by atoms with van der Waals surface area (Å²) >= 11 is 0. The molecule has 2 aliphatic rings. The van der Waals surface area contributed by atoms with E-state index in [4.69, 9.17) is 29.9 Å². The summed E-state index contributed by atoms with van der Waals surface area (Å²) in [4.78, 5) is 38.7. The summed E-state index contributed by atoms with van der Waals surface area (Å²) in [5.74, 6) is 3.76. The first-order valence-electron chi connectivity index (χ1n) is 41.5. The third-order valence-corrected chi connectivity index (χ3v) is 24.4. The monoisotopic (exact) mass is 1560 g/mol. The van der Waals surface area contributed by atoms with Crippen LogP contribution in [0.5, 0.6) is 0 Å². The lowest BCUT2D eigenvalue weighted by Crippen LogP contribution is -2.15. The van der Waals surface area contributed by atoms with Gasteiger partial charge in [-0.15, -0.1) is 0 Å². The molecule has 0 atom stereocenters. The topological polar surface area (TPSA) is 103 Å². The molecule has 20 aromatic rings. The van der Waals surface area contributed by atoms with E-state index in [1.54, 1.807) is 12.4 Å². The van der Waals surface area contributed by atoms with Crippen molar-refractivity contribution in [3.05, 3.63) is 435 Å². The number of nitrogens with zero attached hydrogens (tertiary/aromatic N) is 8. The van der Waals surface area contributed by atoms with Crippen LogP contribution in [0.3, 0.4) is 0 Å². The Hall–Kier alpha value is -15.6. The van der Waals surface area contributed by atoms with Crippen molar-refractivity contribution in [2.75, 3.05) is 0 Å². The molecular weight excluding hydrogens is 1480 g/mol. The Labute approximate surface area is 710 Å². The summed E-state index contributed by atoms with van der Waals surface area (Å²) in [6.45, 7) is 9.46. The molecule has 4 heterocycles. The maximum absolute atomic E-state index is 5.06. The Morgan fingerprint density at radius 3 is 0.877 bits per heavy atom. The number of aromatic nitrogens is 8. The molecule has 0 amide bonds. The van der Waals surface area contributed by atoms with Crippen LogP contribution in [0.25, 0.3) is 201 Å². The predicted molar refractivity (Wildman–Crippen MR) is 501 cm³/mol. The third kappa shape index (κ3) is 14.0. The highest BCUT2D eigenvalue weighted by atomic mass is 15.0. The van der Waals surface area contributed by atoms with Gasteiger partial charge in [-0.1, -0.05) is 355 Å². The maximum atomic E-state index is 5.06. The number of hydrogen-bond donors (Lipinski definition) is 0. The van der Waals surface area contributed by atoms with Crippen LogP contribution in [0.15, 0.2) is 413 Å². The fraction of sp³-hybridized carbons (Fsp3) is 0.0526. The molecule has 0 aliphatic heterocycles. The number of rotatable bonds is 14. The quantitative estimate of drug-likeness (QED) is 0.106. The van der Waals surface area contributed by atoms with Crippen LogP contribution in [-0.2, 0) is 10.8 Å². The van der Waals surface area contributed by atoms with Crippen molar-refractivity contribution >= 4 is 21.5 Å². The molecule has 8 heteroatoms. The van der Waals surface area contributed by atoms with E-state index < -0.39 is 0 Å². The van der Waals surface area contributed by atoms with Gasteiger partial charge in [0.1, 0.15) is 0 Å². The van der Waals surface area contributed by atoms with E-state index in [1.165, 1.54) is 99.4 Å². The normalized spacial score (nSPS) is 12.6. The Balaban J connectivity index is 0.000000150. The molecule has 0 spiro atoms. The molecule has 2 aliphatic carbocycles. The van der Waals surface area contributed by atoms with Crippen molar-refractivity contribution in [3.8, 4) is 180 Å². The van der Waals surface area contributed by atoms with Gasteiger partial charge in [0.25, 0.3) is 0 Å². The molecule has 22 rings (SSSR count). The second-order valence-electron chi connectivity index (χ2n) is 32.7. The van der Waals surface area contributed by atoms with Gasteiger partial charge >= 0.3 is 0 Å². The Kier molecular flexibility index (Phi) is 18.8. The zero-order valence-corrected chi connectivity index (χ0v) is 67.8. The van der Waals surface area contributed by atoms with Gasteiger partial charge < -0.3 is 0 Å². The maximum Gasteiger partial charge on any atom is 0.164 e. The SMILES string of the molecule is CC1(C)c2cc(-c3cccc(-c4cccc(-c5cccc(-c6nc(-c7ccccc7)nc(-c7ccc(-c8cccnc8)cc7)n6)c5)c4)c3)ccc2-c2c1ccc1ccccc21.CC1(C)c2cc(-c3cccc(-c4cccc(-c5cccc(-c6nc(-c7ccccc7)nc(-c7ccc(-c8cccnc8)cc7)n6)c5)c4)c3)ccc2-c2ccc3ccccc3c21. The van der Waals surface area contributed by atoms with Crippen molar-refractivity contribution in [1.82, 2.24) is 39.9 Å². The average Bonchev–Trinajstić information content (AvgIpc) is 1.57. The predicted octanol–water partition coefficient (Wildman–Crippen LogP) is 28.8. The van der Waals surface area contributed by atoms with Crippen molar-refractivity contribution in [2.45, 2.75) is 38.5 Å². The van der Waals surface area contributed by atoms with Crippen molar-refractivity contribution < 1.29 is 0 Å². The van der Waals surface area contributed by atoms with Gasteiger partial charge in [0.15, 0.2) is 34.9 Å². The van der Waals surface area contributed by atoms with E-state index in [9.17, 15) is 0 Å². The lowest BCUT2D eigenvalue weighted by atomic mass is 9.79. The highest BCUT2D eigenvalue weighted by Crippen LogP contribution is 2.54. The number of fused-ring (bicyclic) bond motifs is 10. The molecule has 576 valence electrons. The molecule has 8 nitrogen and oxygen atoms in total. The van der Waals surface area contributed by atoms with Crippen LogP contribution in [0.2, 0.25) is 0 Å². The lowest BCUT2D eigenvalue weighted by Gasteiger charge is -2.23. The number of hydrogen-bond acceptors (Lipinski definition) is 8. The van der Waals surface area contributed by atoms with Gasteiger partial charge in [0.05, 0.1) is 0 Å². The van der Waals surface area contributed by atoms with E-state index in [0.717, 1.165) is 89.0 Å². The summed E-state index contributed by atoms with van der Waals surface area (Å²) in [5, 5.41) is 5.24. The number of benzene rings is 16. The molecular formula is C114H80N8. The van der Waals surface area contributed by atoms with E-state index >= 15 is 0 Å². The smallest absolute Gasteiger partial charge is 0.164 e. The minimum Gasteiger partial charge on any atom is -0.264 e. The number of pyridine rings is 2. The second kappa shape index (κ2) is 31.0. The van der Waals surface area contributed by atoms with Crippen LogP contribution in [0.4, 0.5) is 0 Å². The summed E-state index contributed by atoms with van der Waals surface area (Å²) < 4.78 is 0.